The SMILES string of the molecule is CC(C)(CNC1CCC1)S(C)(=O)=O. The van der Waals surface area contributed by atoms with E-state index in [4.69, 9.17) is 0 Å². The molecule has 0 aromatic rings. The summed E-state index contributed by atoms with van der Waals surface area (Å²) in [5.41, 5.74) is 0. The van der Waals surface area contributed by atoms with Gasteiger partial charge in [0.05, 0.1) is 4.75 Å². The minimum absolute atomic E-state index is 0.557. The van der Waals surface area contributed by atoms with Crippen molar-refractivity contribution < 1.29 is 8.42 Å². The Morgan fingerprint density at radius 2 is 1.92 bits per heavy atom. The normalized spacial score (nSPS) is 19.9. The molecule has 1 fully saturated rings. The molecule has 78 valence electrons. The molecule has 1 N–H and O–H groups in total. The molecule has 0 bridgehead atoms. The van der Waals surface area contributed by atoms with Gasteiger partial charge in [0.1, 0.15) is 0 Å². The van der Waals surface area contributed by atoms with Gasteiger partial charge in [0.25, 0.3) is 0 Å². The lowest BCUT2D eigenvalue weighted by molar-refractivity contribution is 0.329. The quantitative estimate of drug-likeness (QED) is 0.743. The van der Waals surface area contributed by atoms with Crippen molar-refractivity contribution in [3.05, 3.63) is 0 Å². The second-order valence-electron chi connectivity index (χ2n) is 4.54. The molecule has 1 rings (SSSR count). The van der Waals surface area contributed by atoms with Gasteiger partial charge in [-0.3, -0.25) is 0 Å². The molecule has 1 aliphatic rings. The van der Waals surface area contributed by atoms with Crippen LogP contribution in [-0.2, 0) is 9.84 Å². The molecular formula is C9H19NO2S. The molecule has 0 aromatic heterocycles. The van der Waals surface area contributed by atoms with E-state index in [1.54, 1.807) is 13.8 Å². The third kappa shape index (κ3) is 2.68. The summed E-state index contributed by atoms with van der Waals surface area (Å²) in [6, 6.07) is 0.557. The second-order valence-corrected chi connectivity index (χ2v) is 7.19. The van der Waals surface area contributed by atoms with Crippen molar-refractivity contribution in [1.29, 1.82) is 0 Å². The Morgan fingerprint density at radius 3 is 2.23 bits per heavy atom. The van der Waals surface area contributed by atoms with Gasteiger partial charge in [0, 0.05) is 18.8 Å². The largest absolute Gasteiger partial charge is 0.312 e. The molecule has 3 nitrogen and oxygen atoms in total. The molecule has 1 saturated carbocycles. The van der Waals surface area contributed by atoms with Crippen LogP contribution >= 0.6 is 0 Å². The summed E-state index contributed by atoms with van der Waals surface area (Å²) in [5.74, 6) is 0. The highest BCUT2D eigenvalue weighted by Crippen LogP contribution is 2.20. The van der Waals surface area contributed by atoms with Gasteiger partial charge in [-0.15, -0.1) is 0 Å². The van der Waals surface area contributed by atoms with Gasteiger partial charge in [-0.2, -0.15) is 0 Å². The third-order valence-corrected chi connectivity index (χ3v) is 5.08. The Balaban J connectivity index is 2.42. The van der Waals surface area contributed by atoms with Crippen LogP contribution in [0.1, 0.15) is 33.1 Å². The van der Waals surface area contributed by atoms with Gasteiger partial charge in [-0.05, 0) is 26.7 Å². The van der Waals surface area contributed by atoms with Gasteiger partial charge in [0.15, 0.2) is 9.84 Å². The minimum atomic E-state index is -2.94. The summed E-state index contributed by atoms with van der Waals surface area (Å²) in [6.45, 7) is 4.11. The zero-order valence-corrected chi connectivity index (χ0v) is 9.45. The standard InChI is InChI=1S/C9H19NO2S/c1-9(2,13(3,11)12)7-10-8-5-4-6-8/h8,10H,4-7H2,1-3H3. The molecule has 13 heavy (non-hydrogen) atoms. The maximum Gasteiger partial charge on any atom is 0.153 e. The first-order valence-electron chi connectivity index (χ1n) is 4.76. The van der Waals surface area contributed by atoms with Crippen LogP contribution in [0.5, 0.6) is 0 Å². The lowest BCUT2D eigenvalue weighted by Crippen LogP contribution is -2.47. The van der Waals surface area contributed by atoms with Crippen LogP contribution in [0, 0.1) is 0 Å². The van der Waals surface area contributed by atoms with Gasteiger partial charge >= 0.3 is 0 Å². The predicted octanol–water partition coefficient (Wildman–Crippen LogP) is 0.952. The highest BCUT2D eigenvalue weighted by Gasteiger charge is 2.31. The van der Waals surface area contributed by atoms with Crippen LogP contribution in [0.4, 0.5) is 0 Å². The summed E-state index contributed by atoms with van der Waals surface area (Å²) >= 11 is 0. The van der Waals surface area contributed by atoms with Crippen molar-refractivity contribution in [2.24, 2.45) is 0 Å². The summed E-state index contributed by atoms with van der Waals surface area (Å²) in [5, 5.41) is 3.29. The third-order valence-electron chi connectivity index (χ3n) is 2.93. The molecule has 4 heteroatoms. The smallest absolute Gasteiger partial charge is 0.153 e. The van der Waals surface area contributed by atoms with E-state index in [1.807, 2.05) is 0 Å². The number of rotatable bonds is 4. The van der Waals surface area contributed by atoms with Crippen molar-refractivity contribution in [2.45, 2.75) is 43.9 Å². The van der Waals surface area contributed by atoms with E-state index in [-0.39, 0.29) is 0 Å². The molecule has 0 unspecified atom stereocenters. The maximum absolute atomic E-state index is 11.3. The van der Waals surface area contributed by atoms with E-state index in [0.29, 0.717) is 12.6 Å². The van der Waals surface area contributed by atoms with Crippen molar-refractivity contribution in [3.8, 4) is 0 Å². The van der Waals surface area contributed by atoms with E-state index in [0.717, 1.165) is 0 Å². The Labute approximate surface area is 80.8 Å². The van der Waals surface area contributed by atoms with Crippen molar-refractivity contribution in [2.75, 3.05) is 12.8 Å². The molecule has 0 radical (unpaired) electrons. The van der Waals surface area contributed by atoms with E-state index in [1.165, 1.54) is 25.5 Å². The molecule has 0 heterocycles. The fourth-order valence-electron chi connectivity index (χ4n) is 1.13. The number of hydrogen-bond donors (Lipinski definition) is 1. The van der Waals surface area contributed by atoms with Gasteiger partial charge in [-0.25, -0.2) is 8.42 Å². The summed E-state index contributed by atoms with van der Waals surface area (Å²) in [7, 11) is -2.94. The number of nitrogens with one attached hydrogen (secondary N) is 1. The van der Waals surface area contributed by atoms with Crippen LogP contribution in [0.15, 0.2) is 0 Å². The average molecular weight is 205 g/mol. The van der Waals surface area contributed by atoms with Crippen LogP contribution in [0.25, 0.3) is 0 Å². The predicted molar refractivity (Wildman–Crippen MR) is 54.6 cm³/mol. The Bertz CT molecular complexity index is 265. The average Bonchev–Trinajstić information content (AvgIpc) is 1.80. The summed E-state index contributed by atoms with van der Waals surface area (Å²) < 4.78 is 22.0. The fourth-order valence-corrected chi connectivity index (χ4v) is 1.48. The number of hydrogen-bond acceptors (Lipinski definition) is 3. The van der Waals surface area contributed by atoms with Gasteiger partial charge in [0.2, 0.25) is 0 Å². The van der Waals surface area contributed by atoms with E-state index in [2.05, 4.69) is 5.32 Å². The molecular weight excluding hydrogens is 186 g/mol. The van der Waals surface area contributed by atoms with Crippen molar-refractivity contribution in [3.63, 3.8) is 0 Å². The molecule has 0 atom stereocenters. The highest BCUT2D eigenvalue weighted by atomic mass is 32.2. The van der Waals surface area contributed by atoms with Crippen LogP contribution in [-0.4, -0.2) is 32.0 Å². The van der Waals surface area contributed by atoms with E-state index >= 15 is 0 Å². The monoisotopic (exact) mass is 205 g/mol. The zero-order valence-electron chi connectivity index (χ0n) is 8.63. The molecule has 0 saturated heterocycles. The Hall–Kier alpha value is -0.0900. The summed E-state index contributed by atoms with van der Waals surface area (Å²) in [4.78, 5) is 0. The fraction of sp³-hybridized carbons (Fsp3) is 1.00. The first kappa shape index (κ1) is 11.0. The Kier molecular flexibility index (Phi) is 3.02. The van der Waals surface area contributed by atoms with Crippen molar-refractivity contribution >= 4 is 9.84 Å². The second kappa shape index (κ2) is 3.58. The molecule has 0 aliphatic heterocycles. The molecule has 1 aliphatic carbocycles. The van der Waals surface area contributed by atoms with Crippen molar-refractivity contribution in [1.82, 2.24) is 5.32 Å². The van der Waals surface area contributed by atoms with Gasteiger partial charge < -0.3 is 5.32 Å². The molecule has 0 aromatic carbocycles. The minimum Gasteiger partial charge on any atom is -0.312 e. The van der Waals surface area contributed by atoms with E-state index in [9.17, 15) is 8.42 Å². The first-order valence-corrected chi connectivity index (χ1v) is 6.65. The van der Waals surface area contributed by atoms with Gasteiger partial charge in [-0.1, -0.05) is 6.42 Å². The van der Waals surface area contributed by atoms with Crippen LogP contribution in [0.3, 0.4) is 0 Å². The van der Waals surface area contributed by atoms with Crippen LogP contribution < -0.4 is 5.32 Å². The lowest BCUT2D eigenvalue weighted by Gasteiger charge is -2.31. The highest BCUT2D eigenvalue weighted by molar-refractivity contribution is 7.92. The summed E-state index contributed by atoms with van der Waals surface area (Å²) in [6.07, 6.45) is 4.96. The zero-order chi connectivity index (χ0) is 10.1. The molecule has 0 amide bonds. The first-order chi connectivity index (χ1) is 5.83. The maximum atomic E-state index is 11.3. The topological polar surface area (TPSA) is 46.2 Å². The van der Waals surface area contributed by atoms with Crippen LogP contribution in [0.2, 0.25) is 0 Å². The van der Waals surface area contributed by atoms with E-state index < -0.39 is 14.6 Å². The lowest BCUT2D eigenvalue weighted by atomic mass is 9.93. The molecule has 0 spiro atoms. The number of sulfone groups is 1. The Morgan fingerprint density at radius 1 is 1.38 bits per heavy atom.